The van der Waals surface area contributed by atoms with Gasteiger partial charge < -0.3 is 15.2 Å². The minimum Gasteiger partial charge on any atom is -0.493 e. The molecule has 0 saturated carbocycles. The van der Waals surface area contributed by atoms with E-state index in [4.69, 9.17) is 15.2 Å². The van der Waals surface area contributed by atoms with Crippen LogP contribution in [0.2, 0.25) is 0 Å². The van der Waals surface area contributed by atoms with E-state index in [2.05, 4.69) is 6.58 Å². The zero-order valence-corrected chi connectivity index (χ0v) is 12.0. The van der Waals surface area contributed by atoms with Crippen molar-refractivity contribution in [2.45, 2.75) is 38.1 Å². The van der Waals surface area contributed by atoms with Gasteiger partial charge in [-0.25, -0.2) is 0 Å². The summed E-state index contributed by atoms with van der Waals surface area (Å²) in [5.74, 6) is 1.48. The smallest absolute Gasteiger partial charge is 0.161 e. The van der Waals surface area contributed by atoms with E-state index in [1.165, 1.54) is 12.8 Å². The van der Waals surface area contributed by atoms with E-state index in [0.29, 0.717) is 0 Å². The molecule has 1 atom stereocenters. The van der Waals surface area contributed by atoms with E-state index >= 15 is 0 Å². The highest BCUT2D eigenvalue weighted by Crippen LogP contribution is 2.30. The molecule has 0 aliphatic heterocycles. The molecule has 106 valence electrons. The molecule has 0 fully saturated rings. The van der Waals surface area contributed by atoms with Crippen LogP contribution in [0.3, 0.4) is 0 Å². The van der Waals surface area contributed by atoms with Crippen molar-refractivity contribution in [2.24, 2.45) is 5.73 Å². The van der Waals surface area contributed by atoms with Crippen molar-refractivity contribution in [1.29, 1.82) is 0 Å². The van der Waals surface area contributed by atoms with Crippen LogP contribution < -0.4 is 15.2 Å². The minimum absolute atomic E-state index is 0.0588. The standard InChI is InChI=1S/C16H25NO2/c1-4-5-6-7-8-9-14(17)13-10-11-15(18-2)16(12-13)19-3/h4,10-12,14H,1,5-9,17H2,2-3H3. The molecule has 0 spiro atoms. The van der Waals surface area contributed by atoms with Crippen molar-refractivity contribution < 1.29 is 9.47 Å². The zero-order valence-electron chi connectivity index (χ0n) is 12.0. The molecule has 3 heteroatoms. The Morgan fingerprint density at radius 2 is 1.89 bits per heavy atom. The molecule has 0 bridgehead atoms. The van der Waals surface area contributed by atoms with Crippen molar-refractivity contribution in [3.63, 3.8) is 0 Å². The molecule has 0 aromatic heterocycles. The predicted molar refractivity (Wildman–Crippen MR) is 79.8 cm³/mol. The SMILES string of the molecule is C=CCCCCCC(N)c1ccc(OC)c(OC)c1. The van der Waals surface area contributed by atoms with E-state index in [-0.39, 0.29) is 6.04 Å². The van der Waals surface area contributed by atoms with Crippen molar-refractivity contribution in [1.82, 2.24) is 0 Å². The van der Waals surface area contributed by atoms with Gasteiger partial charge in [0.05, 0.1) is 14.2 Å². The number of ether oxygens (including phenoxy) is 2. The topological polar surface area (TPSA) is 44.5 Å². The first-order valence-electron chi connectivity index (χ1n) is 6.81. The van der Waals surface area contributed by atoms with E-state index in [0.717, 1.165) is 36.3 Å². The molecule has 1 rings (SSSR count). The summed E-state index contributed by atoms with van der Waals surface area (Å²) in [4.78, 5) is 0. The Morgan fingerprint density at radius 1 is 1.16 bits per heavy atom. The zero-order chi connectivity index (χ0) is 14.1. The molecule has 0 aliphatic rings. The summed E-state index contributed by atoms with van der Waals surface area (Å²) < 4.78 is 10.5. The van der Waals surface area contributed by atoms with Gasteiger partial charge in [-0.05, 0) is 37.0 Å². The van der Waals surface area contributed by atoms with E-state index in [1.54, 1.807) is 14.2 Å². The summed E-state index contributed by atoms with van der Waals surface area (Å²) in [5.41, 5.74) is 7.31. The lowest BCUT2D eigenvalue weighted by molar-refractivity contribution is 0.354. The van der Waals surface area contributed by atoms with Crippen LogP contribution in [0, 0.1) is 0 Å². The van der Waals surface area contributed by atoms with Crippen LogP contribution in [0.25, 0.3) is 0 Å². The summed E-state index contributed by atoms with van der Waals surface area (Å²) in [6.45, 7) is 3.73. The van der Waals surface area contributed by atoms with E-state index in [1.807, 2.05) is 24.3 Å². The number of allylic oxidation sites excluding steroid dienone is 1. The normalized spacial score (nSPS) is 11.9. The van der Waals surface area contributed by atoms with Gasteiger partial charge in [0.25, 0.3) is 0 Å². The number of hydrogen-bond acceptors (Lipinski definition) is 3. The molecular weight excluding hydrogens is 238 g/mol. The molecule has 2 N–H and O–H groups in total. The second-order valence-corrected chi connectivity index (χ2v) is 4.65. The van der Waals surface area contributed by atoms with Crippen LogP contribution in [0.4, 0.5) is 0 Å². The van der Waals surface area contributed by atoms with Crippen molar-refractivity contribution >= 4 is 0 Å². The lowest BCUT2D eigenvalue weighted by Crippen LogP contribution is -2.10. The van der Waals surface area contributed by atoms with Crippen LogP contribution in [0.5, 0.6) is 11.5 Å². The Hall–Kier alpha value is -1.48. The van der Waals surface area contributed by atoms with Gasteiger partial charge in [-0.15, -0.1) is 6.58 Å². The summed E-state index contributed by atoms with van der Waals surface area (Å²) in [7, 11) is 3.28. The molecule has 3 nitrogen and oxygen atoms in total. The van der Waals surface area contributed by atoms with Gasteiger partial charge in [-0.3, -0.25) is 0 Å². The third kappa shape index (κ3) is 4.95. The summed E-state index contributed by atoms with van der Waals surface area (Å²) in [5, 5.41) is 0. The van der Waals surface area contributed by atoms with Gasteiger partial charge in [0.1, 0.15) is 0 Å². The molecule has 19 heavy (non-hydrogen) atoms. The maximum absolute atomic E-state index is 6.21. The van der Waals surface area contributed by atoms with Crippen molar-refractivity contribution in [3.05, 3.63) is 36.4 Å². The molecule has 1 aromatic rings. The average Bonchev–Trinajstić information content (AvgIpc) is 2.46. The first-order valence-corrected chi connectivity index (χ1v) is 6.81. The van der Waals surface area contributed by atoms with Gasteiger partial charge >= 0.3 is 0 Å². The van der Waals surface area contributed by atoms with Gasteiger partial charge in [0, 0.05) is 6.04 Å². The van der Waals surface area contributed by atoms with Gasteiger partial charge in [0.2, 0.25) is 0 Å². The number of methoxy groups -OCH3 is 2. The third-order valence-corrected chi connectivity index (χ3v) is 3.26. The monoisotopic (exact) mass is 263 g/mol. The molecule has 1 unspecified atom stereocenters. The van der Waals surface area contributed by atoms with Gasteiger partial charge in [-0.2, -0.15) is 0 Å². The molecule has 0 saturated heterocycles. The minimum atomic E-state index is 0.0588. The maximum Gasteiger partial charge on any atom is 0.161 e. The van der Waals surface area contributed by atoms with Crippen LogP contribution in [0.1, 0.15) is 43.7 Å². The molecule has 0 aliphatic carbocycles. The number of unbranched alkanes of at least 4 members (excludes halogenated alkanes) is 3. The molecule has 0 heterocycles. The molecule has 0 amide bonds. The largest absolute Gasteiger partial charge is 0.493 e. The number of benzene rings is 1. The van der Waals surface area contributed by atoms with E-state index in [9.17, 15) is 0 Å². The first-order chi connectivity index (χ1) is 9.22. The Bertz CT molecular complexity index is 390. The van der Waals surface area contributed by atoms with Gasteiger partial charge in [-0.1, -0.05) is 25.0 Å². The summed E-state index contributed by atoms with van der Waals surface area (Å²) in [6.07, 6.45) is 7.59. The lowest BCUT2D eigenvalue weighted by Gasteiger charge is -2.14. The second-order valence-electron chi connectivity index (χ2n) is 4.65. The fourth-order valence-electron chi connectivity index (χ4n) is 2.08. The molecular formula is C16H25NO2. The van der Waals surface area contributed by atoms with Crippen LogP contribution in [-0.4, -0.2) is 14.2 Å². The third-order valence-electron chi connectivity index (χ3n) is 3.26. The Labute approximate surface area is 116 Å². The Kier molecular flexibility index (Phi) is 7.04. The van der Waals surface area contributed by atoms with E-state index < -0.39 is 0 Å². The quantitative estimate of drug-likeness (QED) is 0.544. The van der Waals surface area contributed by atoms with Gasteiger partial charge in [0.15, 0.2) is 11.5 Å². The Balaban J connectivity index is 2.52. The van der Waals surface area contributed by atoms with Crippen LogP contribution >= 0.6 is 0 Å². The van der Waals surface area contributed by atoms with Crippen molar-refractivity contribution in [2.75, 3.05) is 14.2 Å². The lowest BCUT2D eigenvalue weighted by atomic mass is 10.0. The fraction of sp³-hybridized carbons (Fsp3) is 0.500. The predicted octanol–water partition coefficient (Wildman–Crippen LogP) is 3.84. The van der Waals surface area contributed by atoms with Crippen LogP contribution in [0.15, 0.2) is 30.9 Å². The number of nitrogens with two attached hydrogens (primary N) is 1. The Morgan fingerprint density at radius 3 is 2.53 bits per heavy atom. The molecule has 0 radical (unpaired) electrons. The number of rotatable bonds is 9. The second kappa shape index (κ2) is 8.59. The fourth-order valence-corrected chi connectivity index (χ4v) is 2.08. The number of hydrogen-bond donors (Lipinski definition) is 1. The highest BCUT2D eigenvalue weighted by molar-refractivity contribution is 5.43. The maximum atomic E-state index is 6.21. The highest BCUT2D eigenvalue weighted by atomic mass is 16.5. The highest BCUT2D eigenvalue weighted by Gasteiger charge is 2.10. The van der Waals surface area contributed by atoms with Crippen molar-refractivity contribution in [3.8, 4) is 11.5 Å². The van der Waals surface area contributed by atoms with Crippen LogP contribution in [-0.2, 0) is 0 Å². The average molecular weight is 263 g/mol. The molecule has 1 aromatic carbocycles. The first kappa shape index (κ1) is 15.6. The summed E-state index contributed by atoms with van der Waals surface area (Å²) >= 11 is 0. The summed E-state index contributed by atoms with van der Waals surface area (Å²) in [6, 6.07) is 5.94.